The number of hydrogen-bond donors (Lipinski definition) is 3. The van der Waals surface area contributed by atoms with Crippen LogP contribution in [0.1, 0.15) is 37.8 Å². The first kappa shape index (κ1) is 17.9. The van der Waals surface area contributed by atoms with Crippen LogP contribution in [0.15, 0.2) is 18.2 Å². The normalized spacial score (nSPS) is 13.9. The molecule has 0 radical (unpaired) electrons. The third-order valence-corrected chi connectivity index (χ3v) is 4.16. The zero-order chi connectivity index (χ0) is 16.0. The van der Waals surface area contributed by atoms with Gasteiger partial charge < -0.3 is 15.7 Å². The fraction of sp³-hybridized carbons (Fsp3) is 0.562. The molecule has 1 atom stereocenters. The van der Waals surface area contributed by atoms with Crippen molar-refractivity contribution in [2.24, 2.45) is 0 Å². The van der Waals surface area contributed by atoms with Crippen molar-refractivity contribution in [3.63, 3.8) is 0 Å². The van der Waals surface area contributed by atoms with Crippen LogP contribution in [-0.4, -0.2) is 35.3 Å². The average molecular weight is 310 g/mol. The summed E-state index contributed by atoms with van der Waals surface area (Å²) in [6.45, 7) is 8.12. The lowest BCUT2D eigenvalue weighted by molar-refractivity contribution is 0.0876. The molecule has 0 saturated heterocycles. The van der Waals surface area contributed by atoms with Crippen LogP contribution < -0.4 is 10.6 Å². The molecule has 0 spiro atoms. The molecule has 0 aliphatic heterocycles. The molecule has 1 unspecified atom stereocenters. The number of thioether (sulfide) groups is 1. The Morgan fingerprint density at radius 1 is 1.43 bits per heavy atom. The summed E-state index contributed by atoms with van der Waals surface area (Å²) in [5.74, 6) is 0.911. The van der Waals surface area contributed by atoms with Gasteiger partial charge >= 0.3 is 6.03 Å². The Morgan fingerprint density at radius 3 is 2.67 bits per heavy atom. The molecule has 2 amide bonds. The van der Waals surface area contributed by atoms with Gasteiger partial charge in [0, 0.05) is 18.0 Å². The van der Waals surface area contributed by atoms with Crippen LogP contribution in [0.2, 0.25) is 0 Å². The fourth-order valence-corrected chi connectivity index (χ4v) is 2.86. The minimum absolute atomic E-state index is 0.225. The van der Waals surface area contributed by atoms with Crippen LogP contribution in [0.4, 0.5) is 10.5 Å². The largest absolute Gasteiger partial charge is 0.387 e. The standard InChI is InChI=1S/C16H26N2O2S/c1-11(2)13-8-6-7-12(3)14(13)18-15(19)17-9-16(4,20)10-21-5/h6-8,11,20H,9-10H2,1-5H3,(H2,17,18,19). The Labute approximate surface area is 131 Å². The monoisotopic (exact) mass is 310 g/mol. The van der Waals surface area contributed by atoms with Gasteiger partial charge in [-0.2, -0.15) is 11.8 Å². The summed E-state index contributed by atoms with van der Waals surface area (Å²) in [6.07, 6.45) is 1.93. The van der Waals surface area contributed by atoms with E-state index in [2.05, 4.69) is 24.5 Å². The van der Waals surface area contributed by atoms with Crippen molar-refractivity contribution in [2.45, 2.75) is 39.2 Å². The first-order valence-corrected chi connectivity index (χ1v) is 8.52. The summed E-state index contributed by atoms with van der Waals surface area (Å²) in [4.78, 5) is 12.1. The first-order valence-electron chi connectivity index (χ1n) is 7.12. The number of anilines is 1. The summed E-state index contributed by atoms with van der Waals surface area (Å²) < 4.78 is 0. The van der Waals surface area contributed by atoms with Crippen LogP contribution in [0, 0.1) is 6.92 Å². The molecule has 118 valence electrons. The Kier molecular flexibility index (Phi) is 6.55. The molecule has 1 aromatic carbocycles. The van der Waals surface area contributed by atoms with E-state index in [9.17, 15) is 9.90 Å². The van der Waals surface area contributed by atoms with Crippen molar-refractivity contribution in [1.82, 2.24) is 5.32 Å². The van der Waals surface area contributed by atoms with Crippen molar-refractivity contribution >= 4 is 23.5 Å². The molecule has 0 saturated carbocycles. The van der Waals surface area contributed by atoms with E-state index in [1.54, 1.807) is 18.7 Å². The number of carbonyl (C=O) groups excluding carboxylic acids is 1. The molecular weight excluding hydrogens is 284 g/mol. The van der Waals surface area contributed by atoms with Crippen molar-refractivity contribution in [1.29, 1.82) is 0 Å². The van der Waals surface area contributed by atoms with E-state index >= 15 is 0 Å². The van der Waals surface area contributed by atoms with Crippen LogP contribution >= 0.6 is 11.8 Å². The Balaban J connectivity index is 2.72. The number of benzene rings is 1. The highest BCUT2D eigenvalue weighted by molar-refractivity contribution is 7.98. The lowest BCUT2D eigenvalue weighted by Crippen LogP contribution is -2.44. The van der Waals surface area contributed by atoms with Crippen molar-refractivity contribution in [3.05, 3.63) is 29.3 Å². The van der Waals surface area contributed by atoms with E-state index < -0.39 is 5.60 Å². The summed E-state index contributed by atoms with van der Waals surface area (Å²) in [6, 6.07) is 5.71. The van der Waals surface area contributed by atoms with Crippen LogP contribution in [-0.2, 0) is 0 Å². The van der Waals surface area contributed by atoms with Crippen LogP contribution in [0.3, 0.4) is 0 Å². The number of nitrogens with one attached hydrogen (secondary N) is 2. The third-order valence-electron chi connectivity index (χ3n) is 3.25. The van der Waals surface area contributed by atoms with Gasteiger partial charge in [-0.3, -0.25) is 0 Å². The minimum Gasteiger partial charge on any atom is -0.387 e. The summed E-state index contributed by atoms with van der Waals surface area (Å²) in [7, 11) is 0. The SMILES string of the molecule is CSCC(C)(O)CNC(=O)Nc1c(C)cccc1C(C)C. The molecule has 0 bridgehead atoms. The first-order chi connectivity index (χ1) is 9.76. The number of para-hydroxylation sites is 1. The highest BCUT2D eigenvalue weighted by Crippen LogP contribution is 2.27. The number of hydrogen-bond acceptors (Lipinski definition) is 3. The van der Waals surface area contributed by atoms with Crippen LogP contribution in [0.25, 0.3) is 0 Å². The van der Waals surface area contributed by atoms with Crippen LogP contribution in [0.5, 0.6) is 0 Å². The number of carbonyl (C=O) groups is 1. The van der Waals surface area contributed by atoms with Gasteiger partial charge in [0.2, 0.25) is 0 Å². The van der Waals surface area contributed by atoms with Gasteiger partial charge in [-0.05, 0) is 37.1 Å². The fourth-order valence-electron chi connectivity index (χ4n) is 2.13. The smallest absolute Gasteiger partial charge is 0.319 e. The van der Waals surface area contributed by atoms with Crippen molar-refractivity contribution < 1.29 is 9.90 Å². The molecule has 1 aromatic rings. The molecule has 0 aliphatic carbocycles. The maximum Gasteiger partial charge on any atom is 0.319 e. The predicted molar refractivity (Wildman–Crippen MR) is 91.3 cm³/mol. The van der Waals surface area contributed by atoms with Gasteiger partial charge in [0.25, 0.3) is 0 Å². The molecule has 21 heavy (non-hydrogen) atoms. The van der Waals surface area contributed by atoms with Crippen molar-refractivity contribution in [3.8, 4) is 0 Å². The van der Waals surface area contributed by atoms with Gasteiger partial charge in [0.05, 0.1) is 5.60 Å². The van der Waals surface area contributed by atoms with E-state index in [1.165, 1.54) is 0 Å². The van der Waals surface area contributed by atoms with Gasteiger partial charge in [-0.15, -0.1) is 0 Å². The highest BCUT2D eigenvalue weighted by Gasteiger charge is 2.21. The van der Waals surface area contributed by atoms with E-state index in [0.29, 0.717) is 11.7 Å². The summed E-state index contributed by atoms with van der Waals surface area (Å²) >= 11 is 1.55. The molecule has 0 aliphatic rings. The number of amides is 2. The maximum absolute atomic E-state index is 12.1. The molecule has 0 aromatic heterocycles. The molecule has 3 N–H and O–H groups in total. The molecule has 0 fully saturated rings. The quantitative estimate of drug-likeness (QED) is 0.755. The summed E-state index contributed by atoms with van der Waals surface area (Å²) in [5, 5.41) is 15.7. The second-order valence-electron chi connectivity index (χ2n) is 5.93. The predicted octanol–water partition coefficient (Wildman–Crippen LogP) is 3.35. The van der Waals surface area contributed by atoms with E-state index in [1.807, 2.05) is 31.4 Å². The van der Waals surface area contributed by atoms with E-state index in [4.69, 9.17) is 0 Å². The van der Waals surface area contributed by atoms with Gasteiger partial charge in [0.15, 0.2) is 0 Å². The average Bonchev–Trinajstić information content (AvgIpc) is 2.38. The van der Waals surface area contributed by atoms with Gasteiger partial charge in [0.1, 0.15) is 0 Å². The zero-order valence-corrected chi connectivity index (χ0v) is 14.3. The third kappa shape index (κ3) is 5.59. The lowest BCUT2D eigenvalue weighted by atomic mass is 9.98. The molecule has 0 heterocycles. The molecule has 4 nitrogen and oxygen atoms in total. The molecular formula is C16H26N2O2S. The van der Waals surface area contributed by atoms with E-state index in [0.717, 1.165) is 16.8 Å². The lowest BCUT2D eigenvalue weighted by Gasteiger charge is -2.23. The number of rotatable bonds is 6. The van der Waals surface area contributed by atoms with Crippen molar-refractivity contribution in [2.75, 3.05) is 23.9 Å². The Hall–Kier alpha value is -1.20. The van der Waals surface area contributed by atoms with Gasteiger partial charge in [-0.25, -0.2) is 4.79 Å². The molecule has 5 heteroatoms. The highest BCUT2D eigenvalue weighted by atomic mass is 32.2. The van der Waals surface area contributed by atoms with E-state index in [-0.39, 0.29) is 12.6 Å². The second kappa shape index (κ2) is 7.71. The Morgan fingerprint density at radius 2 is 2.10 bits per heavy atom. The molecule has 1 rings (SSSR count). The number of aliphatic hydroxyl groups is 1. The van der Waals surface area contributed by atoms with Gasteiger partial charge in [-0.1, -0.05) is 32.0 Å². The Bertz CT molecular complexity index is 487. The second-order valence-corrected chi connectivity index (χ2v) is 6.80. The minimum atomic E-state index is -0.899. The zero-order valence-electron chi connectivity index (χ0n) is 13.5. The number of aryl methyl sites for hydroxylation is 1. The topological polar surface area (TPSA) is 61.4 Å². The maximum atomic E-state index is 12.1. The summed E-state index contributed by atoms with van der Waals surface area (Å²) in [5.41, 5.74) is 2.10. The number of urea groups is 1.